The Morgan fingerprint density at radius 3 is 2.29 bits per heavy atom. The van der Waals surface area contributed by atoms with Gasteiger partial charge in [0.25, 0.3) is 11.8 Å². The van der Waals surface area contributed by atoms with Crippen molar-refractivity contribution in [3.05, 3.63) is 88.7 Å². The van der Waals surface area contributed by atoms with E-state index in [1.54, 1.807) is 39.0 Å². The maximum absolute atomic E-state index is 13.5. The van der Waals surface area contributed by atoms with Crippen LogP contribution < -0.4 is 5.32 Å². The molecule has 1 unspecified atom stereocenters. The fourth-order valence-electron chi connectivity index (χ4n) is 4.24. The number of fused-ring (bicyclic) bond motifs is 1. The molecule has 6 nitrogen and oxygen atoms in total. The van der Waals surface area contributed by atoms with Crippen molar-refractivity contribution in [2.45, 2.75) is 33.4 Å². The number of aryl methyl sites for hydroxylation is 1. The Kier molecular flexibility index (Phi) is 6.20. The van der Waals surface area contributed by atoms with E-state index in [0.717, 1.165) is 16.7 Å². The summed E-state index contributed by atoms with van der Waals surface area (Å²) in [6.45, 7) is 5.46. The van der Waals surface area contributed by atoms with Crippen molar-refractivity contribution in [1.82, 2.24) is 4.90 Å². The minimum absolute atomic E-state index is 0.211. The SMILES string of the molecule is Cc1cc(C(=O)Nc2ccc(-c3ccc4c(c3)C(=O)N(C(C(=O)O)C(C)C)C4)cc2)ccc1F. The minimum atomic E-state index is -1.01. The van der Waals surface area contributed by atoms with Gasteiger partial charge in [0.2, 0.25) is 0 Å². The number of anilines is 1. The summed E-state index contributed by atoms with van der Waals surface area (Å²) in [7, 11) is 0. The standard InChI is InChI=1S/C27H25FN2O4/c1-15(2)24(27(33)34)30-14-20-5-4-18(13-22(20)26(30)32)17-6-9-21(10-7-17)29-25(31)19-8-11-23(28)16(3)12-19/h4-13,15,24H,14H2,1-3H3,(H,29,31)(H,33,34). The van der Waals surface area contributed by atoms with Crippen LogP contribution in [0, 0.1) is 18.7 Å². The second kappa shape index (κ2) is 9.09. The Balaban J connectivity index is 1.51. The number of amides is 2. The van der Waals surface area contributed by atoms with Crippen LogP contribution in [0.2, 0.25) is 0 Å². The van der Waals surface area contributed by atoms with Gasteiger partial charge in [0.15, 0.2) is 0 Å². The molecule has 0 fully saturated rings. The number of hydrogen-bond donors (Lipinski definition) is 2. The number of carboxylic acids is 1. The average Bonchev–Trinajstić information content (AvgIpc) is 3.11. The molecule has 0 bridgehead atoms. The summed E-state index contributed by atoms with van der Waals surface area (Å²) < 4.78 is 13.5. The van der Waals surface area contributed by atoms with E-state index in [-0.39, 0.29) is 30.1 Å². The lowest BCUT2D eigenvalue weighted by molar-refractivity contribution is -0.144. The van der Waals surface area contributed by atoms with Gasteiger partial charge < -0.3 is 15.3 Å². The molecule has 1 atom stereocenters. The van der Waals surface area contributed by atoms with E-state index in [1.807, 2.05) is 24.3 Å². The maximum atomic E-state index is 13.5. The first-order valence-corrected chi connectivity index (χ1v) is 11.0. The van der Waals surface area contributed by atoms with E-state index in [2.05, 4.69) is 5.32 Å². The Morgan fingerprint density at radius 1 is 1.00 bits per heavy atom. The van der Waals surface area contributed by atoms with Gasteiger partial charge in [0, 0.05) is 23.4 Å². The average molecular weight is 461 g/mol. The van der Waals surface area contributed by atoms with E-state index in [9.17, 15) is 23.9 Å². The van der Waals surface area contributed by atoms with Gasteiger partial charge in [0.05, 0.1) is 0 Å². The van der Waals surface area contributed by atoms with Gasteiger partial charge in [-0.25, -0.2) is 9.18 Å². The second-order valence-electron chi connectivity index (χ2n) is 8.83. The van der Waals surface area contributed by atoms with Crippen LogP contribution in [0.25, 0.3) is 11.1 Å². The molecule has 0 aromatic heterocycles. The van der Waals surface area contributed by atoms with E-state index >= 15 is 0 Å². The van der Waals surface area contributed by atoms with E-state index in [1.165, 1.54) is 23.1 Å². The number of carbonyl (C=O) groups excluding carboxylic acids is 2. The van der Waals surface area contributed by atoms with Crippen molar-refractivity contribution in [2.75, 3.05) is 5.32 Å². The zero-order valence-electron chi connectivity index (χ0n) is 19.1. The Bertz CT molecular complexity index is 1280. The lowest BCUT2D eigenvalue weighted by Gasteiger charge is -2.27. The molecule has 4 rings (SSSR count). The molecule has 3 aromatic rings. The predicted octanol–water partition coefficient (Wildman–Crippen LogP) is 5.12. The molecule has 34 heavy (non-hydrogen) atoms. The highest BCUT2D eigenvalue weighted by molar-refractivity contribution is 6.04. The molecule has 0 saturated heterocycles. The summed E-state index contributed by atoms with van der Waals surface area (Å²) in [5.41, 5.74) is 4.33. The molecule has 174 valence electrons. The molecule has 2 amide bonds. The number of benzene rings is 3. The maximum Gasteiger partial charge on any atom is 0.326 e. The number of hydrogen-bond acceptors (Lipinski definition) is 3. The Labute approximate surface area is 197 Å². The molecule has 1 heterocycles. The van der Waals surface area contributed by atoms with Crippen molar-refractivity contribution < 1.29 is 23.9 Å². The van der Waals surface area contributed by atoms with E-state index in [4.69, 9.17) is 0 Å². The molecular weight excluding hydrogens is 435 g/mol. The van der Waals surface area contributed by atoms with Crippen LogP contribution in [0.1, 0.15) is 45.7 Å². The lowest BCUT2D eigenvalue weighted by atomic mass is 10.00. The van der Waals surface area contributed by atoms with Crippen molar-refractivity contribution >= 4 is 23.5 Å². The largest absolute Gasteiger partial charge is 0.480 e. The monoisotopic (exact) mass is 460 g/mol. The highest BCUT2D eigenvalue weighted by Gasteiger charge is 2.38. The minimum Gasteiger partial charge on any atom is -0.480 e. The van der Waals surface area contributed by atoms with E-state index < -0.39 is 12.0 Å². The normalized spacial score (nSPS) is 13.7. The number of nitrogens with one attached hydrogen (secondary N) is 1. The van der Waals surface area contributed by atoms with Gasteiger partial charge in [0.1, 0.15) is 11.9 Å². The van der Waals surface area contributed by atoms with Gasteiger partial charge in [-0.3, -0.25) is 9.59 Å². The van der Waals surface area contributed by atoms with Crippen molar-refractivity contribution in [3.63, 3.8) is 0 Å². The van der Waals surface area contributed by atoms with Crippen molar-refractivity contribution in [2.24, 2.45) is 5.92 Å². The Hall–Kier alpha value is -4.00. The molecule has 1 aliphatic heterocycles. The zero-order valence-corrected chi connectivity index (χ0v) is 19.1. The van der Waals surface area contributed by atoms with Gasteiger partial charge >= 0.3 is 5.97 Å². The number of carboxylic acid groups (broad SMARTS) is 1. The third-order valence-electron chi connectivity index (χ3n) is 6.06. The van der Waals surface area contributed by atoms with Crippen LogP contribution in [-0.4, -0.2) is 33.8 Å². The second-order valence-corrected chi connectivity index (χ2v) is 8.83. The highest BCUT2D eigenvalue weighted by atomic mass is 19.1. The third kappa shape index (κ3) is 4.41. The van der Waals surface area contributed by atoms with Crippen molar-refractivity contribution in [3.8, 4) is 11.1 Å². The highest BCUT2D eigenvalue weighted by Crippen LogP contribution is 2.31. The molecular formula is C27H25FN2O4. The van der Waals surface area contributed by atoms with Crippen LogP contribution in [0.3, 0.4) is 0 Å². The van der Waals surface area contributed by atoms with Crippen LogP contribution in [0.4, 0.5) is 10.1 Å². The van der Waals surface area contributed by atoms with Gasteiger partial charge in [-0.1, -0.05) is 38.1 Å². The smallest absolute Gasteiger partial charge is 0.326 e. The van der Waals surface area contributed by atoms with Gasteiger partial charge in [-0.05, 0) is 71.5 Å². The first-order chi connectivity index (χ1) is 16.2. The number of rotatable bonds is 6. The Morgan fingerprint density at radius 2 is 1.68 bits per heavy atom. The molecule has 0 radical (unpaired) electrons. The lowest BCUT2D eigenvalue weighted by Crippen LogP contribution is -2.44. The molecule has 7 heteroatoms. The summed E-state index contributed by atoms with van der Waals surface area (Å²) in [6, 6.07) is 16.0. The molecule has 0 saturated carbocycles. The topological polar surface area (TPSA) is 86.7 Å². The third-order valence-corrected chi connectivity index (χ3v) is 6.06. The van der Waals surface area contributed by atoms with Gasteiger partial charge in [-0.2, -0.15) is 0 Å². The van der Waals surface area contributed by atoms with E-state index in [0.29, 0.717) is 22.4 Å². The first-order valence-electron chi connectivity index (χ1n) is 11.0. The predicted molar refractivity (Wildman–Crippen MR) is 127 cm³/mol. The summed E-state index contributed by atoms with van der Waals surface area (Å²) in [5, 5.41) is 12.4. The van der Waals surface area contributed by atoms with Crippen LogP contribution in [0.5, 0.6) is 0 Å². The first kappa shape index (κ1) is 23.2. The fourth-order valence-corrected chi connectivity index (χ4v) is 4.24. The molecule has 1 aliphatic rings. The number of carbonyl (C=O) groups is 3. The van der Waals surface area contributed by atoms with Crippen LogP contribution in [0.15, 0.2) is 60.7 Å². The number of halogens is 1. The van der Waals surface area contributed by atoms with Crippen LogP contribution >= 0.6 is 0 Å². The summed E-state index contributed by atoms with van der Waals surface area (Å²) >= 11 is 0. The molecule has 3 aromatic carbocycles. The fraction of sp³-hybridized carbons (Fsp3) is 0.222. The molecule has 0 aliphatic carbocycles. The summed E-state index contributed by atoms with van der Waals surface area (Å²) in [6.07, 6.45) is 0. The molecule has 2 N–H and O–H groups in total. The number of nitrogens with zero attached hydrogens (tertiary/aromatic N) is 1. The van der Waals surface area contributed by atoms with Crippen LogP contribution in [-0.2, 0) is 11.3 Å². The quantitative estimate of drug-likeness (QED) is 0.535. The zero-order chi connectivity index (χ0) is 24.6. The van der Waals surface area contributed by atoms with Crippen molar-refractivity contribution in [1.29, 1.82) is 0 Å². The van der Waals surface area contributed by atoms with Gasteiger partial charge in [-0.15, -0.1) is 0 Å². The number of aliphatic carboxylic acids is 1. The summed E-state index contributed by atoms with van der Waals surface area (Å²) in [4.78, 5) is 38.6. The summed E-state index contributed by atoms with van der Waals surface area (Å²) in [5.74, 6) is -2.20. The molecule has 0 spiro atoms.